The van der Waals surface area contributed by atoms with Gasteiger partial charge < -0.3 is 20.1 Å². The maximum atomic E-state index is 9.69. The lowest BCUT2D eigenvalue weighted by molar-refractivity contribution is 0.282. The zero-order chi connectivity index (χ0) is 14.1. The molecule has 0 aliphatic heterocycles. The number of aryl methyl sites for hydroxylation is 1. The number of phenolic OH excluding ortho intramolecular Hbond substituents is 1. The average molecular weight is 268 g/mol. The van der Waals surface area contributed by atoms with E-state index in [-0.39, 0.29) is 5.75 Å². The van der Waals surface area contributed by atoms with E-state index in [0.717, 1.165) is 22.3 Å². The van der Waals surface area contributed by atoms with Crippen molar-refractivity contribution >= 4 is 16.6 Å². The number of para-hydroxylation sites is 2. The van der Waals surface area contributed by atoms with Crippen molar-refractivity contribution in [2.45, 2.75) is 6.61 Å². The summed E-state index contributed by atoms with van der Waals surface area (Å²) in [7, 11) is 1.99. The second-order valence-electron chi connectivity index (χ2n) is 4.77. The fourth-order valence-electron chi connectivity index (χ4n) is 2.29. The van der Waals surface area contributed by atoms with Crippen molar-refractivity contribution in [3.05, 3.63) is 54.2 Å². The van der Waals surface area contributed by atoms with Gasteiger partial charge in [0, 0.05) is 23.6 Å². The fourth-order valence-corrected chi connectivity index (χ4v) is 2.29. The van der Waals surface area contributed by atoms with Gasteiger partial charge in [-0.1, -0.05) is 12.1 Å². The van der Waals surface area contributed by atoms with E-state index in [4.69, 9.17) is 10.5 Å². The minimum atomic E-state index is 0.149. The highest BCUT2D eigenvalue weighted by Gasteiger charge is 2.08. The molecule has 2 aromatic carbocycles. The Bertz CT molecular complexity index is 762. The molecule has 0 aliphatic carbocycles. The quantitative estimate of drug-likeness (QED) is 0.718. The average Bonchev–Trinajstić information content (AvgIpc) is 2.74. The molecule has 0 fully saturated rings. The minimum absolute atomic E-state index is 0.149. The molecule has 1 heterocycles. The maximum absolute atomic E-state index is 9.69. The lowest BCUT2D eigenvalue weighted by Gasteiger charge is -2.08. The SMILES string of the molecule is Cn1c(COc2ccccc2O)cc2cc(N)ccc21. The second kappa shape index (κ2) is 4.81. The van der Waals surface area contributed by atoms with Crippen molar-refractivity contribution in [1.29, 1.82) is 0 Å². The molecule has 4 heteroatoms. The summed E-state index contributed by atoms with van der Waals surface area (Å²) in [4.78, 5) is 0. The van der Waals surface area contributed by atoms with Gasteiger partial charge in [-0.2, -0.15) is 0 Å². The number of phenols is 1. The molecule has 3 aromatic rings. The number of nitrogens with two attached hydrogens (primary N) is 1. The van der Waals surface area contributed by atoms with Gasteiger partial charge in [-0.05, 0) is 36.4 Å². The Balaban J connectivity index is 1.88. The predicted molar refractivity (Wildman–Crippen MR) is 79.8 cm³/mol. The smallest absolute Gasteiger partial charge is 0.161 e. The molecule has 0 atom stereocenters. The molecule has 0 saturated carbocycles. The number of nitrogens with zero attached hydrogens (tertiary/aromatic N) is 1. The number of fused-ring (bicyclic) bond motifs is 1. The van der Waals surface area contributed by atoms with Gasteiger partial charge in [0.1, 0.15) is 6.61 Å². The Labute approximate surface area is 117 Å². The van der Waals surface area contributed by atoms with E-state index < -0.39 is 0 Å². The molecular weight excluding hydrogens is 252 g/mol. The van der Waals surface area contributed by atoms with Crippen LogP contribution in [0, 0.1) is 0 Å². The lowest BCUT2D eigenvalue weighted by Crippen LogP contribution is -2.01. The summed E-state index contributed by atoms with van der Waals surface area (Å²) in [6, 6.07) is 14.8. The third kappa shape index (κ3) is 2.16. The van der Waals surface area contributed by atoms with Crippen molar-refractivity contribution in [3.63, 3.8) is 0 Å². The Kier molecular flexibility index (Phi) is 2.99. The van der Waals surface area contributed by atoms with Crippen molar-refractivity contribution in [1.82, 2.24) is 4.57 Å². The molecule has 102 valence electrons. The first kappa shape index (κ1) is 12.4. The van der Waals surface area contributed by atoms with E-state index in [0.29, 0.717) is 12.4 Å². The van der Waals surface area contributed by atoms with Gasteiger partial charge in [-0.15, -0.1) is 0 Å². The van der Waals surface area contributed by atoms with Gasteiger partial charge in [0.15, 0.2) is 11.5 Å². The zero-order valence-corrected chi connectivity index (χ0v) is 11.2. The van der Waals surface area contributed by atoms with Crippen LogP contribution in [0.25, 0.3) is 10.9 Å². The van der Waals surface area contributed by atoms with Crippen molar-refractivity contribution in [2.24, 2.45) is 7.05 Å². The summed E-state index contributed by atoms with van der Waals surface area (Å²) in [5, 5.41) is 10.8. The van der Waals surface area contributed by atoms with E-state index in [1.54, 1.807) is 18.2 Å². The van der Waals surface area contributed by atoms with Crippen LogP contribution in [0.3, 0.4) is 0 Å². The molecule has 0 saturated heterocycles. The van der Waals surface area contributed by atoms with Crippen LogP contribution >= 0.6 is 0 Å². The molecule has 0 spiro atoms. The van der Waals surface area contributed by atoms with Gasteiger partial charge in [0.05, 0.1) is 5.69 Å². The molecule has 0 radical (unpaired) electrons. The lowest BCUT2D eigenvalue weighted by atomic mass is 10.2. The number of aromatic nitrogens is 1. The number of aromatic hydroxyl groups is 1. The third-order valence-electron chi connectivity index (χ3n) is 3.41. The predicted octanol–water partition coefficient (Wildman–Crippen LogP) is 3.05. The van der Waals surface area contributed by atoms with Crippen LogP contribution in [0.5, 0.6) is 11.5 Å². The van der Waals surface area contributed by atoms with Crippen LogP contribution in [0.15, 0.2) is 48.5 Å². The van der Waals surface area contributed by atoms with Crippen molar-refractivity contribution in [2.75, 3.05) is 5.73 Å². The van der Waals surface area contributed by atoms with Crippen LogP contribution in [0.2, 0.25) is 0 Å². The Hall–Kier alpha value is -2.62. The van der Waals surface area contributed by atoms with E-state index in [1.165, 1.54) is 0 Å². The van der Waals surface area contributed by atoms with E-state index in [2.05, 4.69) is 4.57 Å². The number of benzene rings is 2. The van der Waals surface area contributed by atoms with Gasteiger partial charge in [0.25, 0.3) is 0 Å². The highest BCUT2D eigenvalue weighted by molar-refractivity contribution is 5.84. The first-order chi connectivity index (χ1) is 9.65. The zero-order valence-electron chi connectivity index (χ0n) is 11.2. The van der Waals surface area contributed by atoms with Gasteiger partial charge in [-0.3, -0.25) is 0 Å². The highest BCUT2D eigenvalue weighted by Crippen LogP contribution is 2.27. The van der Waals surface area contributed by atoms with Crippen LogP contribution < -0.4 is 10.5 Å². The number of ether oxygens (including phenoxy) is 1. The molecule has 0 amide bonds. The van der Waals surface area contributed by atoms with Crippen LogP contribution in [0.1, 0.15) is 5.69 Å². The van der Waals surface area contributed by atoms with Crippen LogP contribution in [0.4, 0.5) is 5.69 Å². The molecule has 0 unspecified atom stereocenters. The normalized spacial score (nSPS) is 10.8. The summed E-state index contributed by atoms with van der Waals surface area (Å²) in [5.74, 6) is 0.632. The maximum Gasteiger partial charge on any atom is 0.161 e. The highest BCUT2D eigenvalue weighted by atomic mass is 16.5. The molecule has 0 aliphatic rings. The first-order valence-corrected chi connectivity index (χ1v) is 6.40. The number of hydrogen-bond acceptors (Lipinski definition) is 3. The molecule has 3 N–H and O–H groups in total. The van der Waals surface area contributed by atoms with Crippen molar-refractivity contribution in [3.8, 4) is 11.5 Å². The van der Waals surface area contributed by atoms with E-state index in [1.807, 2.05) is 37.4 Å². The van der Waals surface area contributed by atoms with Crippen molar-refractivity contribution < 1.29 is 9.84 Å². The minimum Gasteiger partial charge on any atom is -0.504 e. The Morgan fingerprint density at radius 2 is 1.95 bits per heavy atom. The summed E-state index contributed by atoms with van der Waals surface area (Å²) in [6.07, 6.45) is 0. The van der Waals surface area contributed by atoms with Gasteiger partial charge in [-0.25, -0.2) is 0 Å². The third-order valence-corrected chi connectivity index (χ3v) is 3.41. The molecule has 20 heavy (non-hydrogen) atoms. The summed E-state index contributed by atoms with van der Waals surface area (Å²) >= 11 is 0. The molecule has 3 rings (SSSR count). The summed E-state index contributed by atoms with van der Waals surface area (Å²) in [5.41, 5.74) is 8.67. The topological polar surface area (TPSA) is 60.4 Å². The number of hydrogen-bond donors (Lipinski definition) is 2. The van der Waals surface area contributed by atoms with Gasteiger partial charge >= 0.3 is 0 Å². The Morgan fingerprint density at radius 1 is 1.15 bits per heavy atom. The Morgan fingerprint density at radius 3 is 2.75 bits per heavy atom. The standard InChI is InChI=1S/C16H16N2O2/c1-18-13(9-11-8-12(17)6-7-14(11)18)10-20-16-5-3-2-4-15(16)19/h2-9,19H,10,17H2,1H3. The number of anilines is 1. The second-order valence-corrected chi connectivity index (χ2v) is 4.77. The molecule has 0 bridgehead atoms. The monoisotopic (exact) mass is 268 g/mol. The largest absolute Gasteiger partial charge is 0.504 e. The molecule has 4 nitrogen and oxygen atoms in total. The number of rotatable bonds is 3. The van der Waals surface area contributed by atoms with Crippen LogP contribution in [-0.4, -0.2) is 9.67 Å². The number of nitrogen functional groups attached to an aromatic ring is 1. The fraction of sp³-hybridized carbons (Fsp3) is 0.125. The van der Waals surface area contributed by atoms with Crippen LogP contribution in [-0.2, 0) is 13.7 Å². The van der Waals surface area contributed by atoms with E-state index in [9.17, 15) is 5.11 Å². The van der Waals surface area contributed by atoms with Gasteiger partial charge in [0.2, 0.25) is 0 Å². The summed E-state index contributed by atoms with van der Waals surface area (Å²) in [6.45, 7) is 0.392. The molecule has 1 aromatic heterocycles. The summed E-state index contributed by atoms with van der Waals surface area (Å²) < 4.78 is 7.73. The van der Waals surface area contributed by atoms with E-state index >= 15 is 0 Å². The molecular formula is C16H16N2O2. The first-order valence-electron chi connectivity index (χ1n) is 6.40.